The highest BCUT2D eigenvalue weighted by molar-refractivity contribution is 5.81. The SMILES string of the molecule is O=c1oc2ccccc2c(CO)c1O. The molecule has 0 atom stereocenters. The van der Waals surface area contributed by atoms with E-state index in [2.05, 4.69) is 0 Å². The number of fused-ring (bicyclic) bond motifs is 1. The van der Waals surface area contributed by atoms with E-state index in [1.165, 1.54) is 0 Å². The molecule has 0 aliphatic heterocycles. The molecule has 1 aromatic heterocycles. The van der Waals surface area contributed by atoms with E-state index in [-0.39, 0.29) is 5.56 Å². The molecule has 0 radical (unpaired) electrons. The summed E-state index contributed by atoms with van der Waals surface area (Å²) in [6.07, 6.45) is 0. The Balaban J connectivity index is 2.96. The standard InChI is InChI=1S/C10H8O4/c11-5-7-6-3-1-2-4-8(6)14-10(13)9(7)12/h1-4,11-12H,5H2. The van der Waals surface area contributed by atoms with E-state index in [9.17, 15) is 9.90 Å². The Bertz CT molecular complexity index is 527. The maximum Gasteiger partial charge on any atom is 0.379 e. The molecule has 0 saturated heterocycles. The molecule has 0 spiro atoms. The van der Waals surface area contributed by atoms with E-state index < -0.39 is 18.0 Å². The Morgan fingerprint density at radius 3 is 2.71 bits per heavy atom. The van der Waals surface area contributed by atoms with Crippen LogP contribution in [0.25, 0.3) is 11.0 Å². The second-order valence-electron chi connectivity index (χ2n) is 2.87. The van der Waals surface area contributed by atoms with Crippen molar-refractivity contribution in [2.75, 3.05) is 0 Å². The van der Waals surface area contributed by atoms with E-state index in [0.717, 1.165) is 0 Å². The first kappa shape index (κ1) is 8.77. The van der Waals surface area contributed by atoms with Gasteiger partial charge in [-0.2, -0.15) is 0 Å². The Morgan fingerprint density at radius 1 is 1.29 bits per heavy atom. The van der Waals surface area contributed by atoms with Gasteiger partial charge in [0.1, 0.15) is 5.58 Å². The summed E-state index contributed by atoms with van der Waals surface area (Å²) in [4.78, 5) is 11.1. The molecule has 4 heteroatoms. The number of aliphatic hydroxyl groups excluding tert-OH is 1. The van der Waals surface area contributed by atoms with Crippen LogP contribution in [0.4, 0.5) is 0 Å². The van der Waals surface area contributed by atoms with Crippen LogP contribution in [0.5, 0.6) is 5.75 Å². The van der Waals surface area contributed by atoms with Crippen molar-refractivity contribution in [3.05, 3.63) is 40.2 Å². The van der Waals surface area contributed by atoms with Crippen LogP contribution >= 0.6 is 0 Å². The molecule has 14 heavy (non-hydrogen) atoms. The lowest BCUT2D eigenvalue weighted by molar-refractivity contribution is 0.274. The van der Waals surface area contributed by atoms with Crippen LogP contribution in [0.15, 0.2) is 33.5 Å². The van der Waals surface area contributed by atoms with Crippen LogP contribution in [-0.2, 0) is 6.61 Å². The molecule has 1 heterocycles. The van der Waals surface area contributed by atoms with Gasteiger partial charge in [-0.05, 0) is 6.07 Å². The van der Waals surface area contributed by atoms with Crippen LogP contribution in [0.1, 0.15) is 5.56 Å². The van der Waals surface area contributed by atoms with Crippen molar-refractivity contribution in [2.24, 2.45) is 0 Å². The summed E-state index contributed by atoms with van der Waals surface area (Å²) in [5.74, 6) is -0.522. The topological polar surface area (TPSA) is 70.7 Å². The molecule has 0 aliphatic rings. The Labute approximate surface area is 79.0 Å². The number of aliphatic hydroxyl groups is 1. The number of hydrogen-bond acceptors (Lipinski definition) is 4. The van der Waals surface area contributed by atoms with Crippen LogP contribution in [0.2, 0.25) is 0 Å². The largest absolute Gasteiger partial charge is 0.502 e. The fourth-order valence-electron chi connectivity index (χ4n) is 1.36. The monoisotopic (exact) mass is 192 g/mol. The molecule has 0 amide bonds. The van der Waals surface area contributed by atoms with E-state index in [0.29, 0.717) is 11.0 Å². The van der Waals surface area contributed by atoms with Crippen molar-refractivity contribution in [3.8, 4) is 5.75 Å². The van der Waals surface area contributed by atoms with Crippen molar-refractivity contribution in [1.82, 2.24) is 0 Å². The van der Waals surface area contributed by atoms with E-state index in [1.807, 2.05) is 0 Å². The average molecular weight is 192 g/mol. The van der Waals surface area contributed by atoms with E-state index >= 15 is 0 Å². The van der Waals surface area contributed by atoms with Crippen LogP contribution in [-0.4, -0.2) is 10.2 Å². The maximum absolute atomic E-state index is 11.1. The molecule has 0 unspecified atom stereocenters. The van der Waals surface area contributed by atoms with E-state index in [1.54, 1.807) is 24.3 Å². The molecule has 0 bridgehead atoms. The minimum Gasteiger partial charge on any atom is -0.502 e. The average Bonchev–Trinajstić information content (AvgIpc) is 2.20. The van der Waals surface area contributed by atoms with E-state index in [4.69, 9.17) is 9.52 Å². The van der Waals surface area contributed by atoms with Gasteiger partial charge in [0.25, 0.3) is 0 Å². The van der Waals surface area contributed by atoms with Gasteiger partial charge in [0.15, 0.2) is 0 Å². The lowest BCUT2D eigenvalue weighted by atomic mass is 10.1. The molecular formula is C10H8O4. The molecule has 0 aliphatic carbocycles. The van der Waals surface area contributed by atoms with Crippen LogP contribution in [0.3, 0.4) is 0 Å². The molecular weight excluding hydrogens is 184 g/mol. The van der Waals surface area contributed by atoms with Gasteiger partial charge >= 0.3 is 5.63 Å². The van der Waals surface area contributed by atoms with Crippen molar-refractivity contribution in [2.45, 2.75) is 6.61 Å². The second kappa shape index (κ2) is 3.16. The van der Waals surface area contributed by atoms with Crippen molar-refractivity contribution < 1.29 is 14.6 Å². The first-order chi connectivity index (χ1) is 6.74. The van der Waals surface area contributed by atoms with Gasteiger partial charge < -0.3 is 14.6 Å². The van der Waals surface area contributed by atoms with Gasteiger partial charge in [0.2, 0.25) is 5.75 Å². The fourth-order valence-corrected chi connectivity index (χ4v) is 1.36. The molecule has 2 aromatic rings. The number of aromatic hydroxyl groups is 1. The molecule has 1 aromatic carbocycles. The van der Waals surface area contributed by atoms with Gasteiger partial charge in [-0.1, -0.05) is 18.2 Å². The maximum atomic E-state index is 11.1. The third-order valence-corrected chi connectivity index (χ3v) is 2.05. The number of hydrogen-bond donors (Lipinski definition) is 2. The fraction of sp³-hybridized carbons (Fsp3) is 0.100. The minimum atomic E-state index is -0.826. The van der Waals surface area contributed by atoms with Crippen molar-refractivity contribution in [3.63, 3.8) is 0 Å². The van der Waals surface area contributed by atoms with Crippen molar-refractivity contribution >= 4 is 11.0 Å². The van der Waals surface area contributed by atoms with Crippen LogP contribution < -0.4 is 5.63 Å². The third-order valence-electron chi connectivity index (χ3n) is 2.05. The summed E-state index contributed by atoms with van der Waals surface area (Å²) in [6.45, 7) is -0.391. The molecule has 0 saturated carbocycles. The Kier molecular flexibility index (Phi) is 1.98. The number of rotatable bonds is 1. The number of benzene rings is 1. The van der Waals surface area contributed by atoms with Gasteiger partial charge in [0, 0.05) is 10.9 Å². The molecule has 0 fully saturated rings. The third kappa shape index (κ3) is 1.16. The Hall–Kier alpha value is -1.81. The molecule has 2 rings (SSSR count). The summed E-state index contributed by atoms with van der Waals surface area (Å²) in [5.41, 5.74) is -0.260. The lowest BCUT2D eigenvalue weighted by Gasteiger charge is -2.03. The smallest absolute Gasteiger partial charge is 0.379 e. The zero-order valence-electron chi connectivity index (χ0n) is 7.23. The predicted molar refractivity (Wildman–Crippen MR) is 50.1 cm³/mol. The van der Waals surface area contributed by atoms with Gasteiger partial charge in [0.05, 0.1) is 6.61 Å². The zero-order valence-corrected chi connectivity index (χ0v) is 7.23. The first-order valence-electron chi connectivity index (χ1n) is 4.08. The van der Waals surface area contributed by atoms with Gasteiger partial charge in [-0.15, -0.1) is 0 Å². The minimum absolute atomic E-state index is 0.205. The highest BCUT2D eigenvalue weighted by Gasteiger charge is 2.11. The molecule has 2 N–H and O–H groups in total. The summed E-state index contributed by atoms with van der Waals surface area (Å²) in [5, 5.41) is 18.9. The summed E-state index contributed by atoms with van der Waals surface area (Å²) in [7, 11) is 0. The highest BCUT2D eigenvalue weighted by Crippen LogP contribution is 2.23. The summed E-state index contributed by atoms with van der Waals surface area (Å²) >= 11 is 0. The van der Waals surface area contributed by atoms with Gasteiger partial charge in [-0.25, -0.2) is 4.79 Å². The van der Waals surface area contributed by atoms with Crippen LogP contribution in [0, 0.1) is 0 Å². The summed E-state index contributed by atoms with van der Waals surface area (Å²) in [6, 6.07) is 6.73. The van der Waals surface area contributed by atoms with Crippen molar-refractivity contribution in [1.29, 1.82) is 0 Å². The quantitative estimate of drug-likeness (QED) is 0.661. The molecule has 72 valence electrons. The normalized spacial score (nSPS) is 10.6. The lowest BCUT2D eigenvalue weighted by Crippen LogP contribution is -2.02. The number of para-hydroxylation sites is 1. The second-order valence-corrected chi connectivity index (χ2v) is 2.87. The Morgan fingerprint density at radius 2 is 2.00 bits per heavy atom. The zero-order chi connectivity index (χ0) is 10.1. The highest BCUT2D eigenvalue weighted by atomic mass is 16.4. The first-order valence-corrected chi connectivity index (χ1v) is 4.08. The summed E-state index contributed by atoms with van der Waals surface area (Å²) < 4.78 is 4.82. The predicted octanol–water partition coefficient (Wildman–Crippen LogP) is 0.991. The molecule has 4 nitrogen and oxygen atoms in total. The van der Waals surface area contributed by atoms with Gasteiger partial charge in [-0.3, -0.25) is 0 Å².